The fourth-order valence-corrected chi connectivity index (χ4v) is 3.87. The van der Waals surface area contributed by atoms with Crippen molar-refractivity contribution in [1.29, 1.82) is 0 Å². The molecule has 0 radical (unpaired) electrons. The maximum atomic E-state index is 6.31. The lowest BCUT2D eigenvalue weighted by Gasteiger charge is -2.23. The topological polar surface area (TPSA) is 58.6 Å². The van der Waals surface area contributed by atoms with Crippen molar-refractivity contribution in [2.75, 3.05) is 60.8 Å². The number of likely N-dealkylation sites (N-methyl/N-ethyl adjacent to an activating group) is 1. The van der Waals surface area contributed by atoms with Gasteiger partial charge in [-0.25, -0.2) is 0 Å². The minimum absolute atomic E-state index is 0.155. The van der Waals surface area contributed by atoms with Crippen molar-refractivity contribution in [3.05, 3.63) is 53.6 Å². The summed E-state index contributed by atoms with van der Waals surface area (Å²) < 4.78 is 35.1. The fraction of sp³-hybridized carbons (Fsp3) is 0.556. The molecule has 0 saturated heterocycles. The minimum Gasteiger partial charge on any atom is -0.493 e. The lowest BCUT2D eigenvalue weighted by molar-refractivity contribution is 0.0149. The molecule has 0 spiro atoms. The van der Waals surface area contributed by atoms with Crippen molar-refractivity contribution < 1.29 is 28.4 Å². The van der Waals surface area contributed by atoms with E-state index in [0.29, 0.717) is 56.9 Å². The Kier molecular flexibility index (Phi) is 11.5. The highest BCUT2D eigenvalue weighted by Gasteiger charge is 2.16. The highest BCUT2D eigenvalue weighted by molar-refractivity contribution is 5.53. The van der Waals surface area contributed by atoms with Crippen LogP contribution in [0.1, 0.15) is 30.4 Å². The first-order valence-electron chi connectivity index (χ1n) is 12.1. The average molecular weight is 474 g/mol. The van der Waals surface area contributed by atoms with Gasteiger partial charge in [-0.1, -0.05) is 30.3 Å². The Balaban J connectivity index is 1.66. The molecule has 0 fully saturated rings. The first kappa shape index (κ1) is 26.3. The fourth-order valence-electron chi connectivity index (χ4n) is 3.87. The van der Waals surface area contributed by atoms with Gasteiger partial charge < -0.3 is 33.3 Å². The van der Waals surface area contributed by atoms with Crippen LogP contribution in [0, 0.1) is 0 Å². The van der Waals surface area contributed by atoms with Gasteiger partial charge in [0, 0.05) is 13.1 Å². The summed E-state index contributed by atoms with van der Waals surface area (Å²) in [6, 6.07) is 14.2. The zero-order valence-corrected chi connectivity index (χ0v) is 20.8. The van der Waals surface area contributed by atoms with Gasteiger partial charge in [0.05, 0.1) is 60.0 Å². The van der Waals surface area contributed by atoms with Gasteiger partial charge in [-0.15, -0.1) is 0 Å². The molecule has 2 aromatic carbocycles. The molecule has 0 aliphatic carbocycles. The van der Waals surface area contributed by atoms with E-state index in [1.165, 1.54) is 5.56 Å². The molecule has 34 heavy (non-hydrogen) atoms. The molecule has 1 atom stereocenters. The van der Waals surface area contributed by atoms with E-state index in [1.54, 1.807) is 14.2 Å². The van der Waals surface area contributed by atoms with Crippen molar-refractivity contribution >= 4 is 0 Å². The smallest absolute Gasteiger partial charge is 0.203 e. The molecule has 0 aromatic heterocycles. The number of hydrogen-bond acceptors (Lipinski definition) is 7. The molecule has 7 heteroatoms. The molecule has 2 aromatic rings. The van der Waals surface area contributed by atoms with Crippen molar-refractivity contribution in [2.45, 2.75) is 38.6 Å². The van der Waals surface area contributed by atoms with Crippen LogP contribution in [0.2, 0.25) is 0 Å². The van der Waals surface area contributed by atoms with Gasteiger partial charge in [0.25, 0.3) is 0 Å². The highest BCUT2D eigenvalue weighted by Crippen LogP contribution is 2.38. The molecule has 1 unspecified atom stereocenters. The first-order chi connectivity index (χ1) is 16.7. The molecular weight excluding hydrogens is 434 g/mol. The van der Waals surface area contributed by atoms with Gasteiger partial charge >= 0.3 is 0 Å². The van der Waals surface area contributed by atoms with Gasteiger partial charge in [-0.2, -0.15) is 0 Å². The van der Waals surface area contributed by atoms with Crippen LogP contribution in [0.15, 0.2) is 42.5 Å². The Bertz CT molecular complexity index is 831. The van der Waals surface area contributed by atoms with Crippen LogP contribution in [0.4, 0.5) is 0 Å². The summed E-state index contributed by atoms with van der Waals surface area (Å²) in [5, 5.41) is 0. The van der Waals surface area contributed by atoms with Gasteiger partial charge in [0.2, 0.25) is 5.75 Å². The summed E-state index contributed by atoms with van der Waals surface area (Å²) in [4.78, 5) is 2.29. The van der Waals surface area contributed by atoms with Crippen molar-refractivity contribution in [3.8, 4) is 17.2 Å². The standard InChI is InChI=1S/C27H39NO6/c1-28-12-11-24(34-21-22-8-5-4-6-9-22)10-7-14-33-26-19-23(18-25(29-2)27(26)30-3)20-32-17-16-31-15-13-28/h4-6,8-9,18-19,24H,7,10-17,20-21H2,1-3H3. The number of benzene rings is 2. The van der Waals surface area contributed by atoms with Crippen LogP contribution in [0.3, 0.4) is 0 Å². The Morgan fingerprint density at radius 2 is 1.74 bits per heavy atom. The molecule has 188 valence electrons. The van der Waals surface area contributed by atoms with Crippen LogP contribution in [-0.2, 0) is 27.4 Å². The molecule has 7 nitrogen and oxygen atoms in total. The number of rotatable bonds is 5. The lowest BCUT2D eigenvalue weighted by Crippen LogP contribution is -2.28. The predicted octanol–water partition coefficient (Wildman–Crippen LogP) is 4.32. The summed E-state index contributed by atoms with van der Waals surface area (Å²) in [6.45, 7) is 5.25. The molecule has 2 bridgehead atoms. The monoisotopic (exact) mass is 473 g/mol. The number of ether oxygens (including phenoxy) is 6. The van der Waals surface area contributed by atoms with E-state index in [2.05, 4.69) is 24.1 Å². The molecule has 0 amide bonds. The van der Waals surface area contributed by atoms with Crippen molar-refractivity contribution in [2.24, 2.45) is 0 Å². The quantitative estimate of drug-likeness (QED) is 0.641. The van der Waals surface area contributed by atoms with E-state index in [0.717, 1.165) is 37.9 Å². The van der Waals surface area contributed by atoms with Gasteiger partial charge in [0.15, 0.2) is 11.5 Å². The van der Waals surface area contributed by atoms with Gasteiger partial charge in [-0.3, -0.25) is 0 Å². The maximum Gasteiger partial charge on any atom is 0.203 e. The summed E-state index contributed by atoms with van der Waals surface area (Å²) in [5.74, 6) is 1.90. The predicted molar refractivity (Wildman–Crippen MR) is 132 cm³/mol. The van der Waals surface area contributed by atoms with Gasteiger partial charge in [-0.05, 0) is 49.6 Å². The van der Waals surface area contributed by atoms with E-state index >= 15 is 0 Å². The third kappa shape index (κ3) is 8.80. The summed E-state index contributed by atoms with van der Waals surface area (Å²) in [6.07, 6.45) is 2.90. The lowest BCUT2D eigenvalue weighted by atomic mass is 10.1. The normalized spacial score (nSPS) is 19.4. The van der Waals surface area contributed by atoms with Crippen molar-refractivity contribution in [3.63, 3.8) is 0 Å². The largest absolute Gasteiger partial charge is 0.493 e. The van der Waals surface area contributed by atoms with E-state index in [-0.39, 0.29) is 6.10 Å². The van der Waals surface area contributed by atoms with Gasteiger partial charge in [0.1, 0.15) is 0 Å². The maximum absolute atomic E-state index is 6.31. The van der Waals surface area contributed by atoms with Crippen LogP contribution < -0.4 is 14.2 Å². The molecule has 3 rings (SSSR count). The third-order valence-corrected chi connectivity index (χ3v) is 5.85. The van der Waals surface area contributed by atoms with E-state index in [9.17, 15) is 0 Å². The molecule has 1 aliphatic rings. The van der Waals surface area contributed by atoms with Crippen molar-refractivity contribution in [1.82, 2.24) is 4.90 Å². The second-order valence-electron chi connectivity index (χ2n) is 8.50. The number of fused-ring (bicyclic) bond motifs is 2. The zero-order valence-electron chi connectivity index (χ0n) is 20.8. The average Bonchev–Trinajstić information content (AvgIpc) is 2.86. The molecule has 1 aliphatic heterocycles. The van der Waals surface area contributed by atoms with Crippen LogP contribution in [-0.4, -0.2) is 71.8 Å². The highest BCUT2D eigenvalue weighted by atomic mass is 16.5. The molecule has 1 heterocycles. The van der Waals surface area contributed by atoms with Crippen LogP contribution >= 0.6 is 0 Å². The zero-order chi connectivity index (χ0) is 24.0. The second-order valence-corrected chi connectivity index (χ2v) is 8.50. The summed E-state index contributed by atoms with van der Waals surface area (Å²) in [5.41, 5.74) is 2.16. The van der Waals surface area contributed by atoms with E-state index in [4.69, 9.17) is 28.4 Å². The van der Waals surface area contributed by atoms with E-state index < -0.39 is 0 Å². The number of hydrogen-bond donors (Lipinski definition) is 0. The minimum atomic E-state index is 0.155. The third-order valence-electron chi connectivity index (χ3n) is 5.85. The van der Waals surface area contributed by atoms with Crippen LogP contribution in [0.25, 0.3) is 0 Å². The molecule has 0 saturated carbocycles. The summed E-state index contributed by atoms with van der Waals surface area (Å²) >= 11 is 0. The second kappa shape index (κ2) is 14.8. The number of nitrogens with zero attached hydrogens (tertiary/aromatic N) is 1. The summed E-state index contributed by atoms with van der Waals surface area (Å²) in [7, 11) is 5.38. The Morgan fingerprint density at radius 3 is 2.53 bits per heavy atom. The molecular formula is C27H39NO6. The Hall–Kier alpha value is -2.32. The Morgan fingerprint density at radius 1 is 0.912 bits per heavy atom. The molecule has 0 N–H and O–H groups in total. The SMILES string of the molecule is COc1cc2cc(c1OC)OCCCC(OCc1ccccc1)CCN(C)CCOCCOC2. The number of methoxy groups -OCH3 is 2. The van der Waals surface area contributed by atoms with Crippen LogP contribution in [0.5, 0.6) is 17.2 Å². The van der Waals surface area contributed by atoms with E-state index in [1.807, 2.05) is 30.3 Å². The first-order valence-corrected chi connectivity index (χ1v) is 12.1. The Labute approximate surface area is 203 Å².